The molecule has 0 aromatic carbocycles. The number of hydrogen-bond donors (Lipinski definition) is 2. The summed E-state index contributed by atoms with van der Waals surface area (Å²) in [5, 5.41) is 2.01. The molecule has 0 saturated heterocycles. The van der Waals surface area contributed by atoms with Crippen molar-refractivity contribution in [1.82, 2.24) is 9.97 Å². The highest BCUT2D eigenvalue weighted by Crippen LogP contribution is 2.34. The average Bonchev–Trinajstić information content (AvgIpc) is 2.56. The van der Waals surface area contributed by atoms with E-state index in [2.05, 4.69) is 15.3 Å². The molecule has 0 spiro atoms. The van der Waals surface area contributed by atoms with Crippen LogP contribution in [0.2, 0.25) is 20.4 Å². The number of nitrogens with one attached hydrogen (secondary N) is 1. The molecule has 2 heterocycles. The number of esters is 1. The maximum atomic E-state index is 12.0. The molecule has 0 unspecified atom stereocenters. The largest absolute Gasteiger partial charge is 0.451 e. The molecule has 11 heteroatoms. The Morgan fingerprint density at radius 3 is 2.54 bits per heavy atom. The van der Waals surface area contributed by atoms with E-state index in [4.69, 9.17) is 56.9 Å². The quantitative estimate of drug-likeness (QED) is 0.591. The number of nitrogen functional groups attached to an aromatic ring is 1. The maximum absolute atomic E-state index is 12.0. The first-order valence-corrected chi connectivity index (χ1v) is 7.70. The van der Waals surface area contributed by atoms with Crippen LogP contribution in [0.1, 0.15) is 10.5 Å². The van der Waals surface area contributed by atoms with Crippen molar-refractivity contribution in [2.24, 2.45) is 0 Å². The Balaban J connectivity index is 2.04. The SMILES string of the molecule is Nc1c(Cl)c(Cl)nc(C(=O)OCC(=O)Nc2cccnc2Cl)c1Cl. The Morgan fingerprint density at radius 1 is 1.17 bits per heavy atom. The summed E-state index contributed by atoms with van der Waals surface area (Å²) in [7, 11) is 0. The van der Waals surface area contributed by atoms with Gasteiger partial charge in [0, 0.05) is 6.20 Å². The zero-order valence-corrected chi connectivity index (χ0v) is 14.7. The highest BCUT2D eigenvalue weighted by Gasteiger charge is 2.21. The first kappa shape index (κ1) is 18.5. The lowest BCUT2D eigenvalue weighted by atomic mass is 10.3. The zero-order chi connectivity index (χ0) is 17.9. The summed E-state index contributed by atoms with van der Waals surface area (Å²) in [5.74, 6) is -1.62. The number of amides is 1. The molecule has 0 aliphatic carbocycles. The van der Waals surface area contributed by atoms with Gasteiger partial charge in [0.25, 0.3) is 5.91 Å². The number of pyridine rings is 2. The number of aromatic nitrogens is 2. The standard InChI is InChI=1S/C13H8Cl4N4O3/c14-7-9(18)8(15)12(17)21-10(7)13(23)24-4-6(22)20-5-2-1-3-19-11(5)16/h1-3H,4H2,(H2,18,21)(H,20,22). The molecule has 126 valence electrons. The lowest BCUT2D eigenvalue weighted by Crippen LogP contribution is -2.22. The summed E-state index contributed by atoms with van der Waals surface area (Å²) in [6.45, 7) is -0.609. The molecule has 0 bridgehead atoms. The van der Waals surface area contributed by atoms with Gasteiger partial charge in [0.15, 0.2) is 22.6 Å². The van der Waals surface area contributed by atoms with E-state index in [0.29, 0.717) is 0 Å². The first-order valence-electron chi connectivity index (χ1n) is 6.18. The number of hydrogen-bond acceptors (Lipinski definition) is 6. The second-order valence-electron chi connectivity index (χ2n) is 4.26. The second-order valence-corrected chi connectivity index (χ2v) is 5.73. The van der Waals surface area contributed by atoms with Crippen molar-refractivity contribution >= 4 is 69.7 Å². The molecule has 0 atom stereocenters. The number of rotatable bonds is 4. The van der Waals surface area contributed by atoms with E-state index in [1.807, 2.05) is 0 Å². The molecule has 3 N–H and O–H groups in total. The van der Waals surface area contributed by atoms with Gasteiger partial charge in [-0.1, -0.05) is 46.4 Å². The van der Waals surface area contributed by atoms with E-state index in [-0.39, 0.29) is 37.4 Å². The number of halogens is 4. The molecule has 2 rings (SSSR count). The molecule has 0 radical (unpaired) electrons. The number of nitrogens with two attached hydrogens (primary N) is 1. The molecule has 0 aliphatic rings. The van der Waals surface area contributed by atoms with Crippen molar-refractivity contribution in [2.75, 3.05) is 17.7 Å². The Hall–Kier alpha value is -1.80. The van der Waals surface area contributed by atoms with E-state index >= 15 is 0 Å². The van der Waals surface area contributed by atoms with Crippen molar-refractivity contribution in [2.45, 2.75) is 0 Å². The Labute approximate surface area is 156 Å². The van der Waals surface area contributed by atoms with Gasteiger partial charge in [0.1, 0.15) is 5.02 Å². The van der Waals surface area contributed by atoms with E-state index < -0.39 is 18.5 Å². The van der Waals surface area contributed by atoms with E-state index in [1.54, 1.807) is 6.07 Å². The number of ether oxygens (including phenoxy) is 1. The summed E-state index contributed by atoms with van der Waals surface area (Å²) >= 11 is 23.2. The molecule has 0 fully saturated rings. The van der Waals surface area contributed by atoms with Gasteiger partial charge in [0.05, 0.1) is 16.4 Å². The van der Waals surface area contributed by atoms with Crippen LogP contribution in [0.25, 0.3) is 0 Å². The Morgan fingerprint density at radius 2 is 1.88 bits per heavy atom. The van der Waals surface area contributed by atoms with Crippen LogP contribution in [0.15, 0.2) is 18.3 Å². The Kier molecular flexibility index (Phi) is 6.06. The topological polar surface area (TPSA) is 107 Å². The molecule has 2 aromatic rings. The molecule has 2 aromatic heterocycles. The number of anilines is 2. The smallest absolute Gasteiger partial charge is 0.359 e. The van der Waals surface area contributed by atoms with Crippen molar-refractivity contribution < 1.29 is 14.3 Å². The van der Waals surface area contributed by atoms with Crippen LogP contribution < -0.4 is 11.1 Å². The number of carbonyl (C=O) groups excluding carboxylic acids is 2. The normalized spacial score (nSPS) is 10.3. The van der Waals surface area contributed by atoms with E-state index in [9.17, 15) is 9.59 Å². The van der Waals surface area contributed by atoms with Crippen molar-refractivity contribution in [3.63, 3.8) is 0 Å². The number of carbonyl (C=O) groups is 2. The van der Waals surface area contributed by atoms with E-state index in [0.717, 1.165) is 0 Å². The van der Waals surface area contributed by atoms with Crippen molar-refractivity contribution in [1.29, 1.82) is 0 Å². The molecular weight excluding hydrogens is 402 g/mol. The fourth-order valence-corrected chi connectivity index (χ4v) is 2.28. The van der Waals surface area contributed by atoms with Gasteiger partial charge < -0.3 is 15.8 Å². The predicted octanol–water partition coefficient (Wildman–Crippen LogP) is 3.47. The van der Waals surface area contributed by atoms with E-state index in [1.165, 1.54) is 12.3 Å². The van der Waals surface area contributed by atoms with Gasteiger partial charge >= 0.3 is 5.97 Å². The summed E-state index contributed by atoms with van der Waals surface area (Å²) in [5.41, 5.74) is 5.41. The third-order valence-corrected chi connectivity index (χ3v) is 4.07. The van der Waals surface area contributed by atoms with Crippen LogP contribution in [0.5, 0.6) is 0 Å². The van der Waals surface area contributed by atoms with Crippen LogP contribution in [0, 0.1) is 0 Å². The van der Waals surface area contributed by atoms with Crippen LogP contribution in [0.4, 0.5) is 11.4 Å². The summed E-state index contributed by atoms with van der Waals surface area (Å²) in [6, 6.07) is 3.11. The minimum Gasteiger partial charge on any atom is -0.451 e. The van der Waals surface area contributed by atoms with Gasteiger partial charge in [-0.25, -0.2) is 14.8 Å². The number of nitrogens with zero attached hydrogens (tertiary/aromatic N) is 2. The van der Waals surface area contributed by atoms with Crippen molar-refractivity contribution in [3.8, 4) is 0 Å². The minimum atomic E-state index is -0.988. The third-order valence-electron chi connectivity index (χ3n) is 2.63. The van der Waals surface area contributed by atoms with Crippen molar-refractivity contribution in [3.05, 3.63) is 44.4 Å². The second kappa shape index (κ2) is 7.85. The lowest BCUT2D eigenvalue weighted by Gasteiger charge is -2.10. The van der Waals surface area contributed by atoms with Crippen LogP contribution in [0.3, 0.4) is 0 Å². The summed E-state index contributed by atoms with van der Waals surface area (Å²) in [4.78, 5) is 31.2. The molecule has 0 aliphatic heterocycles. The molecular formula is C13H8Cl4N4O3. The maximum Gasteiger partial charge on any atom is 0.359 e. The highest BCUT2D eigenvalue weighted by molar-refractivity contribution is 6.46. The fraction of sp³-hybridized carbons (Fsp3) is 0.0769. The first-order chi connectivity index (χ1) is 11.3. The lowest BCUT2D eigenvalue weighted by molar-refractivity contribution is -0.119. The van der Waals surface area contributed by atoms with Gasteiger partial charge in [-0.05, 0) is 12.1 Å². The third kappa shape index (κ3) is 4.18. The van der Waals surface area contributed by atoms with Gasteiger partial charge in [-0.2, -0.15) is 0 Å². The zero-order valence-electron chi connectivity index (χ0n) is 11.6. The highest BCUT2D eigenvalue weighted by atomic mass is 35.5. The van der Waals surface area contributed by atoms with Gasteiger partial charge in [-0.3, -0.25) is 4.79 Å². The van der Waals surface area contributed by atoms with Gasteiger partial charge in [0.2, 0.25) is 0 Å². The summed E-state index contributed by atoms with van der Waals surface area (Å²) < 4.78 is 4.81. The van der Waals surface area contributed by atoms with Gasteiger partial charge in [-0.15, -0.1) is 0 Å². The fourth-order valence-electron chi connectivity index (χ4n) is 1.53. The summed E-state index contributed by atoms with van der Waals surface area (Å²) in [6.07, 6.45) is 1.46. The molecule has 24 heavy (non-hydrogen) atoms. The van der Waals surface area contributed by atoms with Crippen LogP contribution in [-0.2, 0) is 9.53 Å². The monoisotopic (exact) mass is 408 g/mol. The average molecular weight is 410 g/mol. The van der Waals surface area contributed by atoms with Crippen LogP contribution in [-0.4, -0.2) is 28.5 Å². The minimum absolute atomic E-state index is 0.0813. The van der Waals surface area contributed by atoms with Crippen LogP contribution >= 0.6 is 46.4 Å². The molecule has 0 saturated carbocycles. The predicted molar refractivity (Wildman–Crippen MR) is 91.8 cm³/mol. The Bertz CT molecular complexity index is 816. The molecule has 1 amide bonds. The molecule has 7 nitrogen and oxygen atoms in total.